The molecule has 0 amide bonds. The van der Waals surface area contributed by atoms with E-state index in [0.717, 1.165) is 24.9 Å². The minimum Gasteiger partial charge on any atom is -0.308 e. The minimum absolute atomic E-state index is 0.135. The second kappa shape index (κ2) is 5.78. The fraction of sp³-hybridized carbons (Fsp3) is 0.538. The Labute approximate surface area is 106 Å². The fourth-order valence-corrected chi connectivity index (χ4v) is 2.13. The molecule has 1 aromatic rings. The number of halogens is 2. The van der Waals surface area contributed by atoms with Gasteiger partial charge in [-0.2, -0.15) is 0 Å². The normalized spacial score (nSPS) is 11.8. The highest BCUT2D eigenvalue weighted by Crippen LogP contribution is 2.18. The molecule has 0 unspecified atom stereocenters. The first-order chi connectivity index (χ1) is 7.44. The van der Waals surface area contributed by atoms with Crippen LogP contribution in [0.1, 0.15) is 39.2 Å². The SMILES string of the molecule is CCCC(C)(C)NCc1ccc(F)c(Br)c1. The van der Waals surface area contributed by atoms with E-state index in [0.29, 0.717) is 4.47 Å². The largest absolute Gasteiger partial charge is 0.308 e. The van der Waals surface area contributed by atoms with Crippen LogP contribution in [0.15, 0.2) is 22.7 Å². The van der Waals surface area contributed by atoms with Crippen LogP contribution in [-0.4, -0.2) is 5.54 Å². The van der Waals surface area contributed by atoms with Gasteiger partial charge in [0.2, 0.25) is 0 Å². The maximum absolute atomic E-state index is 13.0. The molecule has 0 aliphatic carbocycles. The number of nitrogens with one attached hydrogen (secondary N) is 1. The van der Waals surface area contributed by atoms with E-state index in [1.165, 1.54) is 6.07 Å². The molecule has 0 aliphatic heterocycles. The summed E-state index contributed by atoms with van der Waals surface area (Å²) in [6, 6.07) is 5.13. The van der Waals surface area contributed by atoms with Crippen LogP contribution in [0.3, 0.4) is 0 Å². The van der Waals surface area contributed by atoms with Gasteiger partial charge >= 0.3 is 0 Å². The van der Waals surface area contributed by atoms with Gasteiger partial charge in [0.1, 0.15) is 5.82 Å². The summed E-state index contributed by atoms with van der Waals surface area (Å²) >= 11 is 3.19. The van der Waals surface area contributed by atoms with Gasteiger partial charge in [0.25, 0.3) is 0 Å². The zero-order valence-electron chi connectivity index (χ0n) is 10.1. The molecule has 1 N–H and O–H groups in total. The third kappa shape index (κ3) is 4.22. The number of hydrogen-bond donors (Lipinski definition) is 1. The van der Waals surface area contributed by atoms with Crippen LogP contribution in [0.25, 0.3) is 0 Å². The van der Waals surface area contributed by atoms with Crippen LogP contribution in [0.2, 0.25) is 0 Å². The van der Waals surface area contributed by atoms with Crippen molar-refractivity contribution in [3.8, 4) is 0 Å². The monoisotopic (exact) mass is 287 g/mol. The van der Waals surface area contributed by atoms with Gasteiger partial charge in [0.05, 0.1) is 4.47 Å². The summed E-state index contributed by atoms with van der Waals surface area (Å²) in [5, 5.41) is 3.48. The maximum Gasteiger partial charge on any atom is 0.137 e. The first-order valence-electron chi connectivity index (χ1n) is 5.63. The molecule has 0 saturated heterocycles. The smallest absolute Gasteiger partial charge is 0.137 e. The summed E-state index contributed by atoms with van der Waals surface area (Å²) in [6.07, 6.45) is 2.29. The lowest BCUT2D eigenvalue weighted by Gasteiger charge is -2.26. The van der Waals surface area contributed by atoms with Crippen LogP contribution in [0.5, 0.6) is 0 Å². The third-order valence-corrected chi connectivity index (χ3v) is 3.24. The van der Waals surface area contributed by atoms with E-state index in [1.807, 2.05) is 12.1 Å². The molecule has 1 rings (SSSR count). The van der Waals surface area contributed by atoms with Crippen molar-refractivity contribution in [2.45, 2.75) is 45.7 Å². The molecule has 0 heterocycles. The Balaban J connectivity index is 2.57. The Kier molecular flexibility index (Phi) is 4.93. The van der Waals surface area contributed by atoms with Crippen LogP contribution in [0.4, 0.5) is 4.39 Å². The van der Waals surface area contributed by atoms with Crippen molar-refractivity contribution in [1.82, 2.24) is 5.32 Å². The van der Waals surface area contributed by atoms with Crippen molar-refractivity contribution in [3.63, 3.8) is 0 Å². The van der Waals surface area contributed by atoms with Crippen molar-refractivity contribution < 1.29 is 4.39 Å². The lowest BCUT2D eigenvalue weighted by atomic mass is 9.98. The summed E-state index contributed by atoms with van der Waals surface area (Å²) in [6.45, 7) is 7.33. The van der Waals surface area contributed by atoms with Crippen molar-refractivity contribution in [1.29, 1.82) is 0 Å². The van der Waals surface area contributed by atoms with Gasteiger partial charge in [0, 0.05) is 12.1 Å². The molecule has 0 bridgehead atoms. The quantitative estimate of drug-likeness (QED) is 0.853. The van der Waals surface area contributed by atoms with E-state index in [1.54, 1.807) is 0 Å². The average molecular weight is 288 g/mol. The van der Waals surface area contributed by atoms with E-state index in [-0.39, 0.29) is 11.4 Å². The van der Waals surface area contributed by atoms with Gasteiger partial charge in [-0.25, -0.2) is 4.39 Å². The molecule has 0 saturated carbocycles. The second-order valence-electron chi connectivity index (χ2n) is 4.74. The van der Waals surface area contributed by atoms with Crippen LogP contribution >= 0.6 is 15.9 Å². The highest BCUT2D eigenvalue weighted by molar-refractivity contribution is 9.10. The fourth-order valence-electron chi connectivity index (χ4n) is 1.70. The lowest BCUT2D eigenvalue weighted by molar-refractivity contribution is 0.357. The van der Waals surface area contributed by atoms with E-state index < -0.39 is 0 Å². The molecule has 0 spiro atoms. The van der Waals surface area contributed by atoms with Crippen molar-refractivity contribution in [3.05, 3.63) is 34.1 Å². The molecular formula is C13H19BrFN. The summed E-state index contributed by atoms with van der Waals surface area (Å²) in [4.78, 5) is 0. The predicted octanol–water partition coefficient (Wildman–Crippen LogP) is 4.26. The third-order valence-electron chi connectivity index (χ3n) is 2.63. The van der Waals surface area contributed by atoms with E-state index >= 15 is 0 Å². The Morgan fingerprint density at radius 2 is 2.06 bits per heavy atom. The zero-order chi connectivity index (χ0) is 12.2. The Bertz CT molecular complexity index is 350. The van der Waals surface area contributed by atoms with E-state index in [2.05, 4.69) is 42.0 Å². The van der Waals surface area contributed by atoms with Crippen LogP contribution < -0.4 is 5.32 Å². The Morgan fingerprint density at radius 3 is 2.62 bits per heavy atom. The molecule has 0 radical (unpaired) electrons. The van der Waals surface area contributed by atoms with Gasteiger partial charge in [-0.05, 0) is 53.9 Å². The first kappa shape index (κ1) is 13.7. The molecule has 0 fully saturated rings. The number of rotatable bonds is 5. The molecule has 0 atom stereocenters. The standard InChI is InChI=1S/C13H19BrFN/c1-4-7-13(2,3)16-9-10-5-6-12(15)11(14)8-10/h5-6,8,16H,4,7,9H2,1-3H3. The van der Waals surface area contributed by atoms with Crippen molar-refractivity contribution in [2.75, 3.05) is 0 Å². The topological polar surface area (TPSA) is 12.0 Å². The summed E-state index contributed by atoms with van der Waals surface area (Å²) < 4.78 is 13.6. The highest BCUT2D eigenvalue weighted by atomic mass is 79.9. The van der Waals surface area contributed by atoms with Gasteiger partial charge in [-0.3, -0.25) is 0 Å². The Morgan fingerprint density at radius 1 is 1.38 bits per heavy atom. The summed E-state index contributed by atoms with van der Waals surface area (Å²) in [5.41, 5.74) is 1.23. The average Bonchev–Trinajstić information content (AvgIpc) is 2.20. The summed E-state index contributed by atoms with van der Waals surface area (Å²) in [7, 11) is 0. The molecule has 16 heavy (non-hydrogen) atoms. The van der Waals surface area contributed by atoms with E-state index in [4.69, 9.17) is 0 Å². The van der Waals surface area contributed by atoms with Gasteiger partial charge < -0.3 is 5.32 Å². The summed E-state index contributed by atoms with van der Waals surface area (Å²) in [5.74, 6) is -0.212. The zero-order valence-corrected chi connectivity index (χ0v) is 11.7. The van der Waals surface area contributed by atoms with Crippen molar-refractivity contribution in [2.24, 2.45) is 0 Å². The first-order valence-corrected chi connectivity index (χ1v) is 6.43. The molecule has 0 aromatic heterocycles. The number of benzene rings is 1. The molecule has 1 nitrogen and oxygen atoms in total. The maximum atomic E-state index is 13.0. The molecule has 3 heteroatoms. The van der Waals surface area contributed by atoms with Gasteiger partial charge in [0.15, 0.2) is 0 Å². The highest BCUT2D eigenvalue weighted by Gasteiger charge is 2.15. The lowest BCUT2D eigenvalue weighted by Crippen LogP contribution is -2.38. The van der Waals surface area contributed by atoms with Gasteiger partial charge in [-0.1, -0.05) is 19.4 Å². The second-order valence-corrected chi connectivity index (χ2v) is 5.59. The minimum atomic E-state index is -0.212. The molecule has 90 valence electrons. The predicted molar refractivity (Wildman–Crippen MR) is 69.9 cm³/mol. The van der Waals surface area contributed by atoms with Crippen molar-refractivity contribution >= 4 is 15.9 Å². The van der Waals surface area contributed by atoms with E-state index in [9.17, 15) is 4.39 Å². The van der Waals surface area contributed by atoms with Gasteiger partial charge in [-0.15, -0.1) is 0 Å². The van der Waals surface area contributed by atoms with Crippen LogP contribution in [-0.2, 0) is 6.54 Å². The molecule has 0 aliphatic rings. The number of hydrogen-bond acceptors (Lipinski definition) is 1. The molecular weight excluding hydrogens is 269 g/mol. The van der Waals surface area contributed by atoms with Crippen LogP contribution in [0, 0.1) is 5.82 Å². The molecule has 1 aromatic carbocycles. The Hall–Kier alpha value is -0.410.